The van der Waals surface area contributed by atoms with Gasteiger partial charge in [0.2, 0.25) is 0 Å². The van der Waals surface area contributed by atoms with Gasteiger partial charge in [0.05, 0.1) is 0 Å². The van der Waals surface area contributed by atoms with Crippen molar-refractivity contribution in [2.45, 2.75) is 50.1 Å². The molecule has 4 aromatic carbocycles. The second kappa shape index (κ2) is 16.2. The smallest absolute Gasteiger partial charge is 0.265 e. The standard InChI is InChI=1S/C41H42FN3O6S/c1-28-15-21-35(22-16-28)51-37-29(2)38(43-27-36(37)39(46)44-25-23-31(24-26-44)30-17-19-34(42)20-18-30)52(47,48)45(40(49-3)32-11-7-5-8-12-32)41(50-4)33-13-9-6-10-14-33/h5-22,27,31,40-41H,23-26H2,1-4H3. The number of carbonyl (C=O) groups is 1. The number of methoxy groups -OCH3 is 2. The number of aromatic nitrogens is 1. The second-order valence-electron chi connectivity index (χ2n) is 12.8. The Labute approximate surface area is 304 Å². The van der Waals surface area contributed by atoms with Crippen LogP contribution in [0.2, 0.25) is 0 Å². The van der Waals surface area contributed by atoms with Crippen LogP contribution in [0.5, 0.6) is 11.5 Å². The van der Waals surface area contributed by atoms with Gasteiger partial charge in [-0.15, -0.1) is 4.31 Å². The molecule has 0 N–H and O–H groups in total. The van der Waals surface area contributed by atoms with Crippen LogP contribution in [0.1, 0.15) is 69.4 Å². The summed E-state index contributed by atoms with van der Waals surface area (Å²) in [6.07, 6.45) is 0.444. The summed E-state index contributed by atoms with van der Waals surface area (Å²) >= 11 is 0. The van der Waals surface area contributed by atoms with Gasteiger partial charge in [-0.3, -0.25) is 4.79 Å². The highest BCUT2D eigenvalue weighted by Gasteiger charge is 2.42. The number of rotatable bonds is 12. The van der Waals surface area contributed by atoms with E-state index < -0.39 is 22.5 Å². The summed E-state index contributed by atoms with van der Waals surface area (Å²) < 4.78 is 63.0. The zero-order chi connectivity index (χ0) is 36.8. The molecule has 6 rings (SSSR count). The van der Waals surface area contributed by atoms with Gasteiger partial charge in [-0.25, -0.2) is 17.8 Å². The molecule has 0 radical (unpaired) electrons. The number of hydrogen-bond donors (Lipinski definition) is 0. The number of pyridine rings is 1. The van der Waals surface area contributed by atoms with Gasteiger partial charge in [0, 0.05) is 39.1 Å². The Bertz CT molecular complexity index is 2030. The number of ether oxygens (including phenoxy) is 3. The maximum atomic E-state index is 15.1. The molecule has 5 aromatic rings. The third-order valence-corrected chi connectivity index (χ3v) is 11.3. The molecule has 270 valence electrons. The minimum atomic E-state index is -4.54. The van der Waals surface area contributed by atoms with E-state index in [9.17, 15) is 9.18 Å². The van der Waals surface area contributed by atoms with E-state index >= 15 is 8.42 Å². The number of benzene rings is 4. The molecule has 11 heteroatoms. The molecule has 2 unspecified atom stereocenters. The van der Waals surface area contributed by atoms with E-state index in [0.717, 1.165) is 15.4 Å². The second-order valence-corrected chi connectivity index (χ2v) is 14.6. The monoisotopic (exact) mass is 723 g/mol. The molecule has 2 atom stereocenters. The molecule has 1 aliphatic heterocycles. The maximum absolute atomic E-state index is 15.1. The fourth-order valence-electron chi connectivity index (χ4n) is 6.65. The number of aryl methyl sites for hydroxylation is 1. The summed E-state index contributed by atoms with van der Waals surface area (Å²) in [5, 5.41) is -0.308. The van der Waals surface area contributed by atoms with E-state index in [4.69, 9.17) is 14.2 Å². The van der Waals surface area contributed by atoms with E-state index in [1.54, 1.807) is 84.6 Å². The first-order valence-corrected chi connectivity index (χ1v) is 18.5. The number of amides is 1. The molecule has 0 spiro atoms. The average Bonchev–Trinajstić information content (AvgIpc) is 3.17. The van der Waals surface area contributed by atoms with Crippen molar-refractivity contribution < 1.29 is 31.8 Å². The van der Waals surface area contributed by atoms with Crippen molar-refractivity contribution in [3.05, 3.63) is 155 Å². The highest BCUT2D eigenvalue weighted by atomic mass is 32.2. The summed E-state index contributed by atoms with van der Waals surface area (Å²) in [5.41, 5.74) is 3.50. The van der Waals surface area contributed by atoms with Crippen LogP contribution in [0, 0.1) is 19.7 Å². The Morgan fingerprint density at radius 2 is 1.35 bits per heavy atom. The summed E-state index contributed by atoms with van der Waals surface area (Å²) in [5.74, 6) is 0.0920. The molecule has 1 aromatic heterocycles. The number of piperidine rings is 1. The fraction of sp³-hybridized carbons (Fsp3) is 0.268. The van der Waals surface area contributed by atoms with Crippen LogP contribution in [-0.2, 0) is 19.5 Å². The number of likely N-dealkylation sites (tertiary alicyclic amines) is 1. The minimum absolute atomic E-state index is 0.0883. The zero-order valence-corrected chi connectivity index (χ0v) is 30.4. The molecule has 1 aliphatic rings. The van der Waals surface area contributed by atoms with Gasteiger partial charge in [0.1, 0.15) is 22.9 Å². The average molecular weight is 724 g/mol. The number of halogens is 1. The molecule has 2 heterocycles. The van der Waals surface area contributed by atoms with Crippen molar-refractivity contribution in [2.75, 3.05) is 27.3 Å². The molecule has 1 amide bonds. The van der Waals surface area contributed by atoms with E-state index in [1.165, 1.54) is 32.5 Å². The van der Waals surface area contributed by atoms with Crippen molar-refractivity contribution in [1.82, 2.24) is 14.2 Å². The van der Waals surface area contributed by atoms with Gasteiger partial charge in [0.25, 0.3) is 15.9 Å². The Morgan fingerprint density at radius 1 is 0.808 bits per heavy atom. The molecule has 0 bridgehead atoms. The highest BCUT2D eigenvalue weighted by Crippen LogP contribution is 2.41. The number of nitrogens with zero attached hydrogens (tertiary/aromatic N) is 3. The SMILES string of the molecule is COC(c1ccccc1)N(C(OC)c1ccccc1)S(=O)(=O)c1ncc(C(=O)N2CCC(c3ccc(F)cc3)CC2)c(Oc2ccc(C)cc2)c1C. The van der Waals surface area contributed by atoms with Crippen LogP contribution in [-0.4, -0.2) is 55.8 Å². The molecule has 52 heavy (non-hydrogen) atoms. The lowest BCUT2D eigenvalue weighted by molar-refractivity contribution is -0.0872. The fourth-order valence-corrected chi connectivity index (χ4v) is 8.44. The predicted molar refractivity (Wildman–Crippen MR) is 196 cm³/mol. The van der Waals surface area contributed by atoms with Crippen molar-refractivity contribution in [3.63, 3.8) is 0 Å². The lowest BCUT2D eigenvalue weighted by Crippen LogP contribution is -2.41. The van der Waals surface area contributed by atoms with Crippen LogP contribution in [0.4, 0.5) is 4.39 Å². The first kappa shape index (κ1) is 36.8. The number of carbonyl (C=O) groups excluding carboxylic acids is 1. The van der Waals surface area contributed by atoms with Crippen LogP contribution in [0.15, 0.2) is 120 Å². The molecule has 1 fully saturated rings. The van der Waals surface area contributed by atoms with Crippen molar-refractivity contribution in [3.8, 4) is 11.5 Å². The zero-order valence-electron chi connectivity index (χ0n) is 29.6. The minimum Gasteiger partial charge on any atom is -0.456 e. The van der Waals surface area contributed by atoms with Crippen LogP contribution in [0.3, 0.4) is 0 Å². The molecular formula is C41H42FN3O6S. The third-order valence-electron chi connectivity index (χ3n) is 9.41. The normalized spacial score (nSPS) is 15.0. The first-order chi connectivity index (χ1) is 25.1. The van der Waals surface area contributed by atoms with Crippen LogP contribution >= 0.6 is 0 Å². The van der Waals surface area contributed by atoms with Gasteiger partial charge in [-0.1, -0.05) is 90.5 Å². The molecule has 1 saturated heterocycles. The summed E-state index contributed by atoms with van der Waals surface area (Å²) in [6.45, 7) is 4.45. The molecule has 9 nitrogen and oxygen atoms in total. The Morgan fingerprint density at radius 3 is 1.87 bits per heavy atom. The van der Waals surface area contributed by atoms with Crippen LogP contribution in [0.25, 0.3) is 0 Å². The topological polar surface area (TPSA) is 98.3 Å². The van der Waals surface area contributed by atoms with Gasteiger partial charge < -0.3 is 19.1 Å². The van der Waals surface area contributed by atoms with E-state index in [0.29, 0.717) is 42.8 Å². The van der Waals surface area contributed by atoms with Gasteiger partial charge in [-0.2, -0.15) is 0 Å². The summed E-state index contributed by atoms with van der Waals surface area (Å²) in [4.78, 5) is 20.5. The van der Waals surface area contributed by atoms with E-state index in [1.807, 2.05) is 31.2 Å². The van der Waals surface area contributed by atoms with Gasteiger partial charge in [0.15, 0.2) is 17.5 Å². The molecule has 0 saturated carbocycles. The Kier molecular flexibility index (Phi) is 11.5. The summed E-state index contributed by atoms with van der Waals surface area (Å²) in [6, 6.07) is 31.8. The van der Waals surface area contributed by atoms with Gasteiger partial charge in [-0.05, 0) is 73.6 Å². The van der Waals surface area contributed by atoms with Crippen molar-refractivity contribution in [1.29, 1.82) is 0 Å². The first-order valence-electron chi connectivity index (χ1n) is 17.1. The van der Waals surface area contributed by atoms with E-state index in [-0.39, 0.29) is 39.5 Å². The maximum Gasteiger partial charge on any atom is 0.265 e. The quantitative estimate of drug-likeness (QED) is 0.119. The molecular weight excluding hydrogens is 682 g/mol. The van der Waals surface area contributed by atoms with Gasteiger partial charge >= 0.3 is 0 Å². The van der Waals surface area contributed by atoms with Crippen molar-refractivity contribution in [2.24, 2.45) is 0 Å². The highest BCUT2D eigenvalue weighted by molar-refractivity contribution is 7.89. The third kappa shape index (κ3) is 7.78. The number of sulfonamides is 1. The lowest BCUT2D eigenvalue weighted by Gasteiger charge is -2.36. The Balaban J connectivity index is 1.42. The van der Waals surface area contributed by atoms with Crippen LogP contribution < -0.4 is 4.74 Å². The largest absolute Gasteiger partial charge is 0.456 e. The Hall–Kier alpha value is -4.94. The van der Waals surface area contributed by atoms with E-state index in [2.05, 4.69) is 4.98 Å². The molecule has 0 aliphatic carbocycles. The van der Waals surface area contributed by atoms with Crippen molar-refractivity contribution >= 4 is 15.9 Å². The predicted octanol–water partition coefficient (Wildman–Crippen LogP) is 8.33. The summed E-state index contributed by atoms with van der Waals surface area (Å²) in [7, 11) is -1.67. The lowest BCUT2D eigenvalue weighted by atomic mass is 9.89. The number of hydrogen-bond acceptors (Lipinski definition) is 7.